The summed E-state index contributed by atoms with van der Waals surface area (Å²) in [5.74, 6) is 2.07. The van der Waals surface area contributed by atoms with Crippen LogP contribution < -0.4 is 5.32 Å². The molecule has 5 nitrogen and oxygen atoms in total. The second-order valence-corrected chi connectivity index (χ2v) is 14.6. The van der Waals surface area contributed by atoms with Crippen LogP contribution in [-0.2, 0) is 21.4 Å². The van der Waals surface area contributed by atoms with Gasteiger partial charge in [-0.1, -0.05) is 49.4 Å². The van der Waals surface area contributed by atoms with Gasteiger partial charge >= 0.3 is 0 Å². The Morgan fingerprint density at radius 2 is 1.66 bits per heavy atom. The summed E-state index contributed by atoms with van der Waals surface area (Å²) in [4.78, 5) is 13.4. The first-order valence-corrected chi connectivity index (χ1v) is 14.7. The van der Waals surface area contributed by atoms with E-state index in [1.807, 2.05) is 43.3 Å². The minimum absolute atomic E-state index is 0.0978. The minimum Gasteiger partial charge on any atom is -0.349 e. The monoisotopic (exact) mass is 496 g/mol. The molecule has 5 aliphatic rings. The lowest BCUT2D eigenvalue weighted by Crippen LogP contribution is -2.56. The second-order valence-electron chi connectivity index (χ2n) is 12.2. The molecule has 1 amide bonds. The van der Waals surface area contributed by atoms with E-state index < -0.39 is 14.8 Å². The van der Waals surface area contributed by atoms with Gasteiger partial charge in [0.25, 0.3) is 5.91 Å². The molecule has 3 atom stereocenters. The number of carbonyl (C=O) groups excluding carboxylic acids is 1. The quantitative estimate of drug-likeness (QED) is 0.574. The average molecular weight is 497 g/mol. The van der Waals surface area contributed by atoms with Gasteiger partial charge in [0.1, 0.15) is 4.75 Å². The van der Waals surface area contributed by atoms with E-state index in [4.69, 9.17) is 0 Å². The van der Waals surface area contributed by atoms with Crippen molar-refractivity contribution in [3.05, 3.63) is 59.7 Å². The first-order chi connectivity index (χ1) is 16.5. The Hall–Kier alpha value is -1.92. The molecule has 0 saturated heterocycles. The molecule has 0 spiro atoms. The van der Waals surface area contributed by atoms with E-state index >= 15 is 0 Å². The average Bonchev–Trinajstić information content (AvgIpc) is 2.80. The summed E-state index contributed by atoms with van der Waals surface area (Å²) >= 11 is 0. The lowest BCUT2D eigenvalue weighted by molar-refractivity contribution is -0.122. The van der Waals surface area contributed by atoms with Gasteiger partial charge in [0.05, 0.1) is 0 Å². The number of nitrogens with zero attached hydrogens (tertiary/aromatic N) is 1. The molecular weight excluding hydrogens is 456 g/mol. The van der Waals surface area contributed by atoms with Crippen molar-refractivity contribution in [2.75, 3.05) is 7.05 Å². The standard InChI is InChI=1S/C29H40N2O3S/c1-20-10-11-26(18-28(20,3)35(33,34)31(4)19-22-8-6-5-7-9-22)27(32)30-21(2)29-15-23-12-24(16-29)14-25(13-23)17-29/h5-11,18,20-21,23-25H,12-17,19H2,1-4H3,(H,30,32). The molecule has 0 aliphatic heterocycles. The molecule has 1 aromatic carbocycles. The van der Waals surface area contributed by atoms with Crippen LogP contribution in [0.5, 0.6) is 0 Å². The van der Waals surface area contributed by atoms with E-state index in [1.54, 1.807) is 26.1 Å². The Kier molecular flexibility index (Phi) is 6.28. The third-order valence-electron chi connectivity index (χ3n) is 9.74. The fourth-order valence-corrected chi connectivity index (χ4v) is 9.60. The number of carbonyl (C=O) groups is 1. The van der Waals surface area contributed by atoms with Crippen molar-refractivity contribution in [2.45, 2.75) is 76.6 Å². The van der Waals surface area contributed by atoms with Crippen LogP contribution in [0.3, 0.4) is 0 Å². The SMILES string of the molecule is CC(NC(=O)C1=CC(C)(S(=O)(=O)N(C)Cc2ccccc2)C(C)C=C1)C12CC3CC(CC(C3)C1)C2. The zero-order valence-electron chi connectivity index (χ0n) is 21.5. The van der Waals surface area contributed by atoms with Crippen molar-refractivity contribution in [3.8, 4) is 0 Å². The number of hydrogen-bond acceptors (Lipinski definition) is 3. The summed E-state index contributed by atoms with van der Waals surface area (Å²) in [5, 5.41) is 3.31. The third-order valence-corrected chi connectivity index (χ3v) is 12.3. The Balaban J connectivity index is 1.34. The first kappa shape index (κ1) is 24.8. The van der Waals surface area contributed by atoms with E-state index in [0.717, 1.165) is 23.3 Å². The van der Waals surface area contributed by atoms with Crippen LogP contribution in [0, 0.1) is 29.1 Å². The zero-order valence-corrected chi connectivity index (χ0v) is 22.4. The van der Waals surface area contributed by atoms with E-state index in [-0.39, 0.29) is 23.3 Å². The van der Waals surface area contributed by atoms with Crippen LogP contribution >= 0.6 is 0 Å². The fraction of sp³-hybridized carbons (Fsp3) is 0.621. The highest BCUT2D eigenvalue weighted by molar-refractivity contribution is 7.90. The van der Waals surface area contributed by atoms with Gasteiger partial charge in [0.15, 0.2) is 0 Å². The summed E-state index contributed by atoms with van der Waals surface area (Å²) in [6, 6.07) is 9.71. The molecule has 3 unspecified atom stereocenters. The van der Waals surface area contributed by atoms with Crippen molar-refractivity contribution in [2.24, 2.45) is 29.1 Å². The van der Waals surface area contributed by atoms with E-state index in [9.17, 15) is 13.2 Å². The molecule has 0 heterocycles. The second kappa shape index (κ2) is 8.88. The van der Waals surface area contributed by atoms with Crippen molar-refractivity contribution < 1.29 is 13.2 Å². The predicted molar refractivity (Wildman–Crippen MR) is 140 cm³/mol. The molecule has 4 saturated carbocycles. The molecule has 6 heteroatoms. The van der Waals surface area contributed by atoms with Crippen molar-refractivity contribution >= 4 is 15.9 Å². The zero-order chi connectivity index (χ0) is 25.0. The van der Waals surface area contributed by atoms with Crippen LogP contribution in [0.2, 0.25) is 0 Å². The van der Waals surface area contributed by atoms with Crippen molar-refractivity contribution in [3.63, 3.8) is 0 Å². The van der Waals surface area contributed by atoms with Gasteiger partial charge in [0.2, 0.25) is 10.0 Å². The normalized spacial score (nSPS) is 36.8. The maximum absolute atomic E-state index is 13.8. The summed E-state index contributed by atoms with van der Waals surface area (Å²) in [7, 11) is -2.09. The molecule has 1 N–H and O–H groups in total. The van der Waals surface area contributed by atoms with Crippen LogP contribution in [0.15, 0.2) is 54.1 Å². The number of benzene rings is 1. The predicted octanol–water partition coefficient (Wildman–Crippen LogP) is 5.06. The lowest BCUT2D eigenvalue weighted by Gasteiger charge is -2.59. The Morgan fingerprint density at radius 1 is 1.09 bits per heavy atom. The van der Waals surface area contributed by atoms with E-state index in [1.165, 1.54) is 42.8 Å². The molecule has 4 bridgehead atoms. The molecule has 0 aromatic heterocycles. The van der Waals surface area contributed by atoms with Gasteiger partial charge in [-0.05, 0) is 93.1 Å². The minimum atomic E-state index is -3.72. The number of hydrogen-bond donors (Lipinski definition) is 1. The molecule has 1 aromatic rings. The molecule has 6 rings (SSSR count). The highest BCUT2D eigenvalue weighted by Gasteiger charge is 2.53. The van der Waals surface area contributed by atoms with Crippen molar-refractivity contribution in [1.82, 2.24) is 9.62 Å². The largest absolute Gasteiger partial charge is 0.349 e. The highest BCUT2D eigenvalue weighted by atomic mass is 32.2. The number of nitrogens with one attached hydrogen (secondary N) is 1. The maximum Gasteiger partial charge on any atom is 0.251 e. The summed E-state index contributed by atoms with van der Waals surface area (Å²) in [5.41, 5.74) is 1.61. The fourth-order valence-electron chi connectivity index (χ4n) is 7.78. The molecule has 35 heavy (non-hydrogen) atoms. The maximum atomic E-state index is 13.8. The van der Waals surface area contributed by atoms with Gasteiger partial charge < -0.3 is 5.32 Å². The molecule has 4 fully saturated rings. The van der Waals surface area contributed by atoms with Crippen LogP contribution in [0.25, 0.3) is 0 Å². The number of amides is 1. The Labute approximate surface area is 211 Å². The number of allylic oxidation sites excluding steroid dienone is 1. The van der Waals surface area contributed by atoms with E-state index in [0.29, 0.717) is 12.1 Å². The summed E-state index contributed by atoms with van der Waals surface area (Å²) in [6.45, 7) is 6.12. The van der Waals surface area contributed by atoms with Crippen LogP contribution in [0.1, 0.15) is 64.9 Å². The van der Waals surface area contributed by atoms with Crippen LogP contribution in [-0.4, -0.2) is 36.5 Å². The molecule has 5 aliphatic carbocycles. The molecular formula is C29H40N2O3S. The molecule has 0 radical (unpaired) electrons. The summed E-state index contributed by atoms with van der Waals surface area (Å²) in [6.07, 6.45) is 13.2. The highest BCUT2D eigenvalue weighted by Crippen LogP contribution is 2.61. The van der Waals surface area contributed by atoms with Gasteiger partial charge in [-0.3, -0.25) is 4.79 Å². The lowest BCUT2D eigenvalue weighted by atomic mass is 9.48. The molecule has 190 valence electrons. The van der Waals surface area contributed by atoms with Gasteiger partial charge in [-0.2, -0.15) is 4.31 Å². The van der Waals surface area contributed by atoms with Gasteiger partial charge in [-0.15, -0.1) is 0 Å². The van der Waals surface area contributed by atoms with Crippen LogP contribution in [0.4, 0.5) is 0 Å². The smallest absolute Gasteiger partial charge is 0.251 e. The first-order valence-electron chi connectivity index (χ1n) is 13.2. The van der Waals surface area contributed by atoms with Crippen molar-refractivity contribution in [1.29, 1.82) is 0 Å². The van der Waals surface area contributed by atoms with E-state index in [2.05, 4.69) is 12.2 Å². The Bertz CT molecular complexity index is 1100. The van der Waals surface area contributed by atoms with Gasteiger partial charge in [0, 0.05) is 25.2 Å². The van der Waals surface area contributed by atoms with Gasteiger partial charge in [-0.25, -0.2) is 8.42 Å². The third kappa shape index (κ3) is 4.31. The summed E-state index contributed by atoms with van der Waals surface area (Å²) < 4.78 is 27.7. The number of rotatable bonds is 7. The number of sulfonamides is 1. The Morgan fingerprint density at radius 3 is 2.23 bits per heavy atom. The topological polar surface area (TPSA) is 66.5 Å².